The number of nitrogens with zero attached hydrogens (tertiary/aromatic N) is 3. The zero-order chi connectivity index (χ0) is 16.2. The second-order valence-corrected chi connectivity index (χ2v) is 7.46. The molecule has 3 rings (SSSR count). The smallest absolute Gasteiger partial charge is 0.235 e. The van der Waals surface area contributed by atoms with Gasteiger partial charge in [0.2, 0.25) is 5.91 Å². The molecule has 1 amide bonds. The fourth-order valence-electron chi connectivity index (χ4n) is 2.16. The maximum absolute atomic E-state index is 12.2. The number of nitrogens with one attached hydrogen (secondary N) is 1. The average Bonchev–Trinajstić information content (AvgIpc) is 3.18. The number of aromatic nitrogens is 3. The monoisotopic (exact) mass is 346 g/mol. The minimum absolute atomic E-state index is 0.0423. The summed E-state index contributed by atoms with van der Waals surface area (Å²) < 4.78 is 3.90. The van der Waals surface area contributed by atoms with Crippen molar-refractivity contribution in [2.45, 2.75) is 30.6 Å². The van der Waals surface area contributed by atoms with E-state index in [0.29, 0.717) is 5.75 Å². The number of para-hydroxylation sites is 1. The van der Waals surface area contributed by atoms with E-state index in [2.05, 4.69) is 29.2 Å². The highest BCUT2D eigenvalue weighted by molar-refractivity contribution is 8.01. The molecule has 0 aliphatic rings. The molecule has 5 nitrogen and oxygen atoms in total. The van der Waals surface area contributed by atoms with Crippen LogP contribution in [0.1, 0.15) is 26.3 Å². The lowest BCUT2D eigenvalue weighted by Gasteiger charge is -2.13. The molecule has 0 fully saturated rings. The molecule has 2 heterocycles. The third kappa shape index (κ3) is 3.73. The fraction of sp³-hybridized carbons (Fsp3) is 0.312. The number of carbonyl (C=O) groups excluding carboxylic acids is 1. The number of thioether (sulfide) groups is 1. The second kappa shape index (κ2) is 7.14. The number of anilines is 1. The second-order valence-electron chi connectivity index (χ2n) is 5.20. The van der Waals surface area contributed by atoms with E-state index < -0.39 is 0 Å². The van der Waals surface area contributed by atoms with E-state index in [1.165, 1.54) is 11.8 Å². The molecule has 0 aliphatic heterocycles. The number of hydrogen-bond donors (Lipinski definition) is 1. The van der Waals surface area contributed by atoms with Crippen molar-refractivity contribution in [2.24, 2.45) is 0 Å². The van der Waals surface area contributed by atoms with E-state index in [0.717, 1.165) is 26.8 Å². The van der Waals surface area contributed by atoms with Gasteiger partial charge in [-0.2, -0.15) is 5.10 Å². The van der Waals surface area contributed by atoms with Crippen LogP contribution in [0, 0.1) is 0 Å². The van der Waals surface area contributed by atoms with E-state index in [4.69, 9.17) is 0 Å². The lowest BCUT2D eigenvalue weighted by molar-refractivity contribution is -0.113. The lowest BCUT2D eigenvalue weighted by Crippen LogP contribution is -2.18. The summed E-state index contributed by atoms with van der Waals surface area (Å²) in [5.41, 5.74) is 0.982. The van der Waals surface area contributed by atoms with E-state index in [1.807, 2.05) is 35.0 Å². The van der Waals surface area contributed by atoms with Gasteiger partial charge in [0.1, 0.15) is 5.82 Å². The Morgan fingerprint density at radius 2 is 2.22 bits per heavy atom. The third-order valence-corrected chi connectivity index (χ3v) is 5.73. The van der Waals surface area contributed by atoms with Crippen molar-refractivity contribution in [3.8, 4) is 0 Å². The van der Waals surface area contributed by atoms with Crippen LogP contribution in [0.5, 0.6) is 0 Å². The average molecular weight is 346 g/mol. The third-order valence-electron chi connectivity index (χ3n) is 3.55. The normalized spacial score (nSPS) is 12.4. The van der Waals surface area contributed by atoms with Gasteiger partial charge in [0, 0.05) is 6.07 Å². The maximum atomic E-state index is 12.2. The Kier molecular flexibility index (Phi) is 4.97. The maximum Gasteiger partial charge on any atom is 0.235 e. The van der Waals surface area contributed by atoms with Crippen LogP contribution in [0.4, 0.5) is 5.82 Å². The molecule has 1 N–H and O–H groups in total. The van der Waals surface area contributed by atoms with E-state index in [-0.39, 0.29) is 11.9 Å². The molecule has 0 radical (unpaired) electrons. The Balaban J connectivity index is 1.60. The standard InChI is InChI=1S/C16H18N4OS2/c1-3-11(2)20-14(8-9-17-20)19-15(21)10-22-16-18-12-6-4-5-7-13(12)23-16/h4-9,11H,3,10H2,1-2H3,(H,19,21). The van der Waals surface area contributed by atoms with Gasteiger partial charge in [-0.1, -0.05) is 30.8 Å². The molecule has 0 bridgehead atoms. The van der Waals surface area contributed by atoms with Gasteiger partial charge >= 0.3 is 0 Å². The van der Waals surface area contributed by atoms with Crippen molar-refractivity contribution in [2.75, 3.05) is 11.1 Å². The van der Waals surface area contributed by atoms with Crippen LogP contribution in [0.3, 0.4) is 0 Å². The van der Waals surface area contributed by atoms with E-state index >= 15 is 0 Å². The minimum Gasteiger partial charge on any atom is -0.310 e. The Hall–Kier alpha value is -1.86. The van der Waals surface area contributed by atoms with Crippen LogP contribution >= 0.6 is 23.1 Å². The summed E-state index contributed by atoms with van der Waals surface area (Å²) >= 11 is 3.08. The minimum atomic E-state index is -0.0423. The van der Waals surface area contributed by atoms with Crippen LogP contribution in [-0.4, -0.2) is 26.4 Å². The summed E-state index contributed by atoms with van der Waals surface area (Å²) in [6.07, 6.45) is 2.67. The topological polar surface area (TPSA) is 59.8 Å². The Morgan fingerprint density at radius 1 is 1.39 bits per heavy atom. The molecule has 23 heavy (non-hydrogen) atoms. The van der Waals surface area contributed by atoms with Gasteiger partial charge in [0.25, 0.3) is 0 Å². The van der Waals surface area contributed by atoms with Crippen molar-refractivity contribution < 1.29 is 4.79 Å². The summed E-state index contributed by atoms with van der Waals surface area (Å²) in [6, 6.07) is 10.1. The molecular weight excluding hydrogens is 328 g/mol. The summed E-state index contributed by atoms with van der Waals surface area (Å²) in [5.74, 6) is 1.04. The Bertz CT molecular complexity index is 778. The van der Waals surface area contributed by atoms with Gasteiger partial charge in [-0.25, -0.2) is 9.67 Å². The van der Waals surface area contributed by atoms with Gasteiger partial charge in [0.15, 0.2) is 4.34 Å². The first-order valence-corrected chi connectivity index (χ1v) is 9.29. The summed E-state index contributed by atoms with van der Waals surface area (Å²) in [4.78, 5) is 16.7. The highest BCUT2D eigenvalue weighted by Gasteiger charge is 2.12. The zero-order valence-electron chi connectivity index (χ0n) is 13.0. The van der Waals surface area contributed by atoms with E-state index in [1.54, 1.807) is 17.5 Å². The molecule has 120 valence electrons. The zero-order valence-corrected chi connectivity index (χ0v) is 14.7. The van der Waals surface area contributed by atoms with Crippen LogP contribution in [-0.2, 0) is 4.79 Å². The van der Waals surface area contributed by atoms with Crippen LogP contribution in [0.15, 0.2) is 40.9 Å². The predicted molar refractivity (Wildman–Crippen MR) is 96.2 cm³/mol. The van der Waals surface area contributed by atoms with Crippen molar-refractivity contribution in [1.29, 1.82) is 0 Å². The van der Waals surface area contributed by atoms with Gasteiger partial charge in [-0.15, -0.1) is 11.3 Å². The highest BCUT2D eigenvalue weighted by Crippen LogP contribution is 2.29. The molecule has 0 saturated carbocycles. The number of fused-ring (bicyclic) bond motifs is 1. The van der Waals surface area contributed by atoms with Gasteiger partial charge in [-0.3, -0.25) is 4.79 Å². The number of rotatable bonds is 6. The molecule has 2 aromatic heterocycles. The predicted octanol–water partition coefficient (Wildman–Crippen LogP) is 4.19. The lowest BCUT2D eigenvalue weighted by atomic mass is 10.3. The summed E-state index contributed by atoms with van der Waals surface area (Å²) in [5, 5.41) is 7.20. The van der Waals surface area contributed by atoms with Crippen LogP contribution < -0.4 is 5.32 Å². The summed E-state index contributed by atoms with van der Waals surface area (Å²) in [6.45, 7) is 4.18. The first kappa shape index (κ1) is 16.0. The molecule has 0 spiro atoms. The Labute approximate surface area is 143 Å². The van der Waals surface area contributed by atoms with Crippen LogP contribution in [0.25, 0.3) is 10.2 Å². The number of benzene rings is 1. The fourth-order valence-corrected chi connectivity index (χ4v) is 4.02. The molecule has 0 aliphatic carbocycles. The number of carbonyl (C=O) groups is 1. The summed E-state index contributed by atoms with van der Waals surface area (Å²) in [7, 11) is 0. The largest absolute Gasteiger partial charge is 0.310 e. The molecule has 1 unspecified atom stereocenters. The SMILES string of the molecule is CCC(C)n1nccc1NC(=O)CSc1nc2ccccc2s1. The van der Waals surface area contributed by atoms with Crippen molar-refractivity contribution >= 4 is 45.0 Å². The molecule has 0 saturated heterocycles. The molecular formula is C16H18N4OS2. The quantitative estimate of drug-likeness (QED) is 0.680. The van der Waals surface area contributed by atoms with Gasteiger partial charge in [-0.05, 0) is 25.5 Å². The van der Waals surface area contributed by atoms with Crippen molar-refractivity contribution in [3.05, 3.63) is 36.5 Å². The number of thiazole rings is 1. The highest BCUT2D eigenvalue weighted by atomic mass is 32.2. The number of hydrogen-bond acceptors (Lipinski definition) is 5. The molecule has 3 aromatic rings. The van der Waals surface area contributed by atoms with Gasteiger partial charge in [0.05, 0.1) is 28.2 Å². The van der Waals surface area contributed by atoms with E-state index in [9.17, 15) is 4.79 Å². The first-order chi connectivity index (χ1) is 11.2. The Morgan fingerprint density at radius 3 is 3.00 bits per heavy atom. The molecule has 1 aromatic carbocycles. The van der Waals surface area contributed by atoms with Gasteiger partial charge < -0.3 is 5.32 Å². The first-order valence-electron chi connectivity index (χ1n) is 7.49. The van der Waals surface area contributed by atoms with Crippen molar-refractivity contribution in [1.82, 2.24) is 14.8 Å². The van der Waals surface area contributed by atoms with Crippen LogP contribution in [0.2, 0.25) is 0 Å². The van der Waals surface area contributed by atoms with Crippen molar-refractivity contribution in [3.63, 3.8) is 0 Å². The number of amides is 1. The molecule has 1 atom stereocenters. The molecule has 7 heteroatoms.